The molecule has 2 N–H and O–H groups in total. The van der Waals surface area contributed by atoms with Crippen molar-refractivity contribution in [1.29, 1.82) is 0 Å². The van der Waals surface area contributed by atoms with Gasteiger partial charge in [0.05, 0.1) is 10.6 Å². The van der Waals surface area contributed by atoms with Gasteiger partial charge in [0.1, 0.15) is 0 Å². The molecule has 62 valence electrons. The molecule has 2 heterocycles. The predicted molar refractivity (Wildman–Crippen MR) is 50.9 cm³/mol. The number of hydrogen-bond donors (Lipinski definition) is 1. The Bertz CT molecular complexity index is 388. The minimum absolute atomic E-state index is 0.617. The van der Waals surface area contributed by atoms with Crippen LogP contribution in [0.1, 0.15) is 0 Å². The topological polar surface area (TPSA) is 43.8 Å². The zero-order valence-electron chi connectivity index (χ0n) is 6.69. The summed E-state index contributed by atoms with van der Waals surface area (Å²) in [7, 11) is 2.01. The van der Waals surface area contributed by atoms with Gasteiger partial charge in [0.15, 0.2) is 5.13 Å². The summed E-state index contributed by atoms with van der Waals surface area (Å²) in [6, 6.07) is 4.05. The number of thiazole rings is 1. The van der Waals surface area contributed by atoms with Crippen molar-refractivity contribution in [2.45, 2.75) is 0 Å². The Morgan fingerprint density at radius 1 is 1.58 bits per heavy atom. The Morgan fingerprint density at radius 3 is 2.92 bits per heavy atom. The van der Waals surface area contributed by atoms with E-state index in [4.69, 9.17) is 5.73 Å². The first-order valence-electron chi connectivity index (χ1n) is 3.60. The van der Waals surface area contributed by atoms with Crippen LogP contribution in [0, 0.1) is 0 Å². The number of nitrogen functional groups attached to an aromatic ring is 1. The summed E-state index contributed by atoms with van der Waals surface area (Å²) in [5, 5.41) is 0.617. The third kappa shape index (κ3) is 1.10. The van der Waals surface area contributed by atoms with E-state index in [1.165, 1.54) is 11.3 Å². The van der Waals surface area contributed by atoms with Crippen LogP contribution in [0.25, 0.3) is 10.6 Å². The normalized spacial score (nSPS) is 10.4. The molecule has 0 fully saturated rings. The summed E-state index contributed by atoms with van der Waals surface area (Å²) in [6.45, 7) is 0. The second kappa shape index (κ2) is 2.64. The van der Waals surface area contributed by atoms with E-state index >= 15 is 0 Å². The average Bonchev–Trinajstić information content (AvgIpc) is 2.58. The molecule has 0 aliphatic rings. The molecule has 4 heteroatoms. The molecule has 0 amide bonds. The van der Waals surface area contributed by atoms with E-state index in [1.54, 1.807) is 6.20 Å². The molecule has 12 heavy (non-hydrogen) atoms. The van der Waals surface area contributed by atoms with Gasteiger partial charge in [0, 0.05) is 19.4 Å². The number of aryl methyl sites for hydroxylation is 1. The van der Waals surface area contributed by atoms with Crippen LogP contribution >= 0.6 is 11.3 Å². The van der Waals surface area contributed by atoms with Crippen molar-refractivity contribution < 1.29 is 0 Å². The third-order valence-electron chi connectivity index (χ3n) is 1.72. The number of anilines is 1. The minimum atomic E-state index is 0.617. The Hall–Kier alpha value is -1.29. The average molecular weight is 179 g/mol. The van der Waals surface area contributed by atoms with Crippen LogP contribution in [-0.4, -0.2) is 9.55 Å². The Labute approximate surface area is 74.5 Å². The summed E-state index contributed by atoms with van der Waals surface area (Å²) in [5.41, 5.74) is 6.69. The number of hydrogen-bond acceptors (Lipinski definition) is 3. The smallest absolute Gasteiger partial charge is 0.180 e. The number of rotatable bonds is 1. The maximum atomic E-state index is 5.53. The van der Waals surface area contributed by atoms with Gasteiger partial charge in [0.25, 0.3) is 0 Å². The van der Waals surface area contributed by atoms with Crippen molar-refractivity contribution in [3.05, 3.63) is 24.5 Å². The van der Waals surface area contributed by atoms with Crippen molar-refractivity contribution >= 4 is 16.5 Å². The van der Waals surface area contributed by atoms with Crippen molar-refractivity contribution in [3.8, 4) is 10.6 Å². The lowest BCUT2D eigenvalue weighted by molar-refractivity contribution is 0.939. The van der Waals surface area contributed by atoms with Crippen LogP contribution < -0.4 is 5.73 Å². The van der Waals surface area contributed by atoms with Crippen LogP contribution in [0.3, 0.4) is 0 Å². The molecule has 3 nitrogen and oxygen atoms in total. The summed E-state index contributed by atoms with van der Waals surface area (Å²) in [5.74, 6) is 0. The maximum absolute atomic E-state index is 5.53. The lowest BCUT2D eigenvalue weighted by atomic mass is 10.4. The van der Waals surface area contributed by atoms with E-state index in [-0.39, 0.29) is 0 Å². The molecule has 0 aliphatic heterocycles. The van der Waals surface area contributed by atoms with Crippen LogP contribution in [-0.2, 0) is 7.05 Å². The van der Waals surface area contributed by atoms with Crippen LogP contribution in [0.5, 0.6) is 0 Å². The molecule has 0 unspecified atom stereocenters. The first-order chi connectivity index (χ1) is 5.77. The molecule has 0 aromatic carbocycles. The van der Waals surface area contributed by atoms with Gasteiger partial charge in [-0.15, -0.1) is 0 Å². The summed E-state index contributed by atoms with van der Waals surface area (Å²) < 4.78 is 2.05. The first kappa shape index (κ1) is 7.36. The summed E-state index contributed by atoms with van der Waals surface area (Å²) in [6.07, 6.45) is 3.81. The Morgan fingerprint density at radius 2 is 2.42 bits per heavy atom. The largest absolute Gasteiger partial charge is 0.375 e. The molecule has 0 radical (unpaired) electrons. The second-order valence-electron chi connectivity index (χ2n) is 2.57. The number of nitrogens with zero attached hydrogens (tertiary/aromatic N) is 2. The van der Waals surface area contributed by atoms with Crippen molar-refractivity contribution in [2.75, 3.05) is 5.73 Å². The van der Waals surface area contributed by atoms with Crippen LogP contribution in [0.4, 0.5) is 5.13 Å². The molecular formula is C8H9N3S. The fourth-order valence-electron chi connectivity index (χ4n) is 1.12. The highest BCUT2D eigenvalue weighted by Crippen LogP contribution is 2.26. The highest BCUT2D eigenvalue weighted by atomic mass is 32.1. The Kier molecular flexibility index (Phi) is 1.62. The van der Waals surface area contributed by atoms with Crippen LogP contribution in [0.2, 0.25) is 0 Å². The van der Waals surface area contributed by atoms with E-state index in [1.807, 2.05) is 29.9 Å². The molecular weight excluding hydrogens is 170 g/mol. The van der Waals surface area contributed by atoms with Crippen molar-refractivity contribution in [1.82, 2.24) is 9.55 Å². The fourth-order valence-corrected chi connectivity index (χ4v) is 1.88. The van der Waals surface area contributed by atoms with Gasteiger partial charge in [-0.2, -0.15) is 0 Å². The maximum Gasteiger partial charge on any atom is 0.180 e. The van der Waals surface area contributed by atoms with Gasteiger partial charge in [0.2, 0.25) is 0 Å². The molecule has 0 aliphatic carbocycles. The monoisotopic (exact) mass is 179 g/mol. The number of aromatic nitrogens is 2. The third-order valence-corrected chi connectivity index (χ3v) is 2.57. The molecule has 0 spiro atoms. The van der Waals surface area contributed by atoms with Gasteiger partial charge in [-0.05, 0) is 12.1 Å². The standard InChI is InChI=1S/C8H9N3S/c1-11-4-2-3-6(11)7-5-10-8(9)12-7/h2-5H,1H3,(H2,9,10). The highest BCUT2D eigenvalue weighted by molar-refractivity contribution is 7.18. The number of nitrogens with two attached hydrogens (primary N) is 1. The molecule has 0 saturated carbocycles. The summed E-state index contributed by atoms with van der Waals surface area (Å²) >= 11 is 1.51. The van der Waals surface area contributed by atoms with E-state index in [2.05, 4.69) is 4.98 Å². The zero-order chi connectivity index (χ0) is 8.55. The quantitative estimate of drug-likeness (QED) is 0.724. The van der Waals surface area contributed by atoms with Gasteiger partial charge in [-0.3, -0.25) is 0 Å². The SMILES string of the molecule is Cn1cccc1-c1cnc(N)s1. The van der Waals surface area contributed by atoms with Crippen molar-refractivity contribution in [2.24, 2.45) is 7.05 Å². The lowest BCUT2D eigenvalue weighted by Gasteiger charge is -1.96. The fraction of sp³-hybridized carbons (Fsp3) is 0.125. The van der Waals surface area contributed by atoms with Crippen LogP contribution in [0.15, 0.2) is 24.5 Å². The summed E-state index contributed by atoms with van der Waals surface area (Å²) in [4.78, 5) is 5.11. The highest BCUT2D eigenvalue weighted by Gasteiger charge is 2.03. The molecule has 2 aromatic rings. The van der Waals surface area contributed by atoms with E-state index in [9.17, 15) is 0 Å². The molecule has 0 bridgehead atoms. The predicted octanol–water partition coefficient (Wildman–Crippen LogP) is 1.73. The van der Waals surface area contributed by atoms with Gasteiger partial charge in [-0.1, -0.05) is 11.3 Å². The second-order valence-corrected chi connectivity index (χ2v) is 3.63. The Balaban J connectivity index is 2.50. The van der Waals surface area contributed by atoms with E-state index in [0.717, 1.165) is 10.6 Å². The zero-order valence-corrected chi connectivity index (χ0v) is 7.51. The van der Waals surface area contributed by atoms with Gasteiger partial charge >= 0.3 is 0 Å². The molecule has 2 rings (SSSR count). The molecule has 0 atom stereocenters. The molecule has 2 aromatic heterocycles. The van der Waals surface area contributed by atoms with E-state index < -0.39 is 0 Å². The lowest BCUT2D eigenvalue weighted by Crippen LogP contribution is -1.85. The van der Waals surface area contributed by atoms with Gasteiger partial charge < -0.3 is 10.3 Å². The van der Waals surface area contributed by atoms with Crippen molar-refractivity contribution in [3.63, 3.8) is 0 Å². The van der Waals surface area contributed by atoms with Gasteiger partial charge in [-0.25, -0.2) is 4.98 Å². The minimum Gasteiger partial charge on any atom is -0.375 e. The van der Waals surface area contributed by atoms with E-state index in [0.29, 0.717) is 5.13 Å². The first-order valence-corrected chi connectivity index (χ1v) is 4.42. The molecule has 0 saturated heterocycles.